The van der Waals surface area contributed by atoms with E-state index in [1.165, 1.54) is 17.8 Å². The minimum absolute atomic E-state index is 0.0108. The first-order valence-corrected chi connectivity index (χ1v) is 8.28. The average Bonchev–Trinajstić information content (AvgIpc) is 2.84. The number of carboxylic acids is 1. The minimum Gasteiger partial charge on any atom is -0.478 e. The molecule has 0 atom stereocenters. The van der Waals surface area contributed by atoms with Gasteiger partial charge in [0, 0.05) is 28.8 Å². The molecule has 0 unspecified atom stereocenters. The summed E-state index contributed by atoms with van der Waals surface area (Å²) in [6.45, 7) is 1.01. The van der Waals surface area contributed by atoms with Gasteiger partial charge in [-0.3, -0.25) is 9.59 Å². The second-order valence-electron chi connectivity index (χ2n) is 4.39. The van der Waals surface area contributed by atoms with Gasteiger partial charge in [0.05, 0.1) is 11.3 Å². The van der Waals surface area contributed by atoms with Gasteiger partial charge in [-0.05, 0) is 40.8 Å². The van der Waals surface area contributed by atoms with Crippen molar-refractivity contribution < 1.29 is 19.5 Å². The molecule has 1 heterocycles. The number of hydrogen-bond donors (Lipinski definition) is 2. The van der Waals surface area contributed by atoms with Crippen LogP contribution >= 0.6 is 34.4 Å². The lowest BCUT2D eigenvalue weighted by Gasteiger charge is -2.14. The monoisotopic (exact) mass is 420 g/mol. The topological polar surface area (TPSA) is 86.7 Å². The number of carboxylic acid groups (broad SMARTS) is 1. The van der Waals surface area contributed by atoms with Crippen LogP contribution in [-0.2, 0) is 4.79 Å². The molecule has 1 aromatic carbocycles. The van der Waals surface area contributed by atoms with E-state index in [1.54, 1.807) is 17.0 Å². The molecule has 6 nitrogen and oxygen atoms in total. The molecule has 8 heteroatoms. The van der Waals surface area contributed by atoms with Crippen LogP contribution in [0, 0.1) is 3.57 Å². The van der Waals surface area contributed by atoms with Gasteiger partial charge in [-0.1, -0.05) is 11.8 Å². The van der Waals surface area contributed by atoms with Gasteiger partial charge >= 0.3 is 5.97 Å². The number of carbonyl (C=O) groups is 3. The first kappa shape index (κ1) is 16.1. The summed E-state index contributed by atoms with van der Waals surface area (Å²) in [5.74, 6) is -0.640. The lowest BCUT2D eigenvalue weighted by Crippen LogP contribution is -2.28. The third kappa shape index (κ3) is 4.34. The highest BCUT2D eigenvalue weighted by molar-refractivity contribution is 14.1. The number of halogens is 1. The maximum Gasteiger partial charge on any atom is 0.337 e. The largest absolute Gasteiger partial charge is 0.478 e. The number of rotatable bonds is 5. The summed E-state index contributed by atoms with van der Waals surface area (Å²) in [6, 6.07) is 4.79. The summed E-state index contributed by atoms with van der Waals surface area (Å²) >= 11 is 3.26. The fourth-order valence-electron chi connectivity index (χ4n) is 1.88. The fourth-order valence-corrected chi connectivity index (χ4v) is 3.22. The Morgan fingerprint density at radius 2 is 2.19 bits per heavy atom. The van der Waals surface area contributed by atoms with E-state index in [9.17, 15) is 14.4 Å². The lowest BCUT2D eigenvalue weighted by molar-refractivity contribution is -0.116. The van der Waals surface area contributed by atoms with Gasteiger partial charge in [-0.15, -0.1) is 0 Å². The minimum atomic E-state index is -1.09. The summed E-state index contributed by atoms with van der Waals surface area (Å²) in [5, 5.41) is 11.7. The van der Waals surface area contributed by atoms with Crippen LogP contribution in [0.15, 0.2) is 18.2 Å². The molecule has 0 spiro atoms. The number of anilines is 1. The van der Waals surface area contributed by atoms with Crippen LogP contribution in [0.1, 0.15) is 16.8 Å². The Bertz CT molecular complexity index is 594. The Morgan fingerprint density at radius 1 is 1.43 bits per heavy atom. The molecule has 1 aliphatic heterocycles. The SMILES string of the molecule is O=C(CCN1CCSC1=O)Nc1ccc(I)cc1C(=O)O. The summed E-state index contributed by atoms with van der Waals surface area (Å²) in [7, 11) is 0. The van der Waals surface area contributed by atoms with E-state index in [0.717, 1.165) is 9.32 Å². The van der Waals surface area contributed by atoms with Gasteiger partial charge in [0.1, 0.15) is 0 Å². The number of benzene rings is 1. The van der Waals surface area contributed by atoms with Crippen LogP contribution < -0.4 is 5.32 Å². The normalized spacial score (nSPS) is 14.3. The maximum absolute atomic E-state index is 11.9. The van der Waals surface area contributed by atoms with Gasteiger partial charge in [-0.25, -0.2) is 4.79 Å². The lowest BCUT2D eigenvalue weighted by atomic mass is 10.1. The first-order valence-electron chi connectivity index (χ1n) is 6.22. The van der Waals surface area contributed by atoms with E-state index < -0.39 is 5.97 Å². The van der Waals surface area contributed by atoms with Crippen LogP contribution in [0.4, 0.5) is 10.5 Å². The van der Waals surface area contributed by atoms with Gasteiger partial charge in [0.2, 0.25) is 5.91 Å². The first-order chi connectivity index (χ1) is 9.97. The predicted molar refractivity (Wildman–Crippen MR) is 88.8 cm³/mol. The van der Waals surface area contributed by atoms with E-state index in [0.29, 0.717) is 13.1 Å². The second-order valence-corrected chi connectivity index (χ2v) is 6.69. The molecule has 0 saturated carbocycles. The van der Waals surface area contributed by atoms with Crippen LogP contribution in [0.2, 0.25) is 0 Å². The van der Waals surface area contributed by atoms with Crippen molar-refractivity contribution in [3.8, 4) is 0 Å². The predicted octanol–water partition coefficient (Wildman–Crippen LogP) is 2.49. The molecular weight excluding hydrogens is 407 g/mol. The van der Waals surface area contributed by atoms with Crippen molar-refractivity contribution in [1.29, 1.82) is 0 Å². The standard InChI is InChI=1S/C13H13IN2O4S/c14-8-1-2-10(9(7-8)12(18)19)15-11(17)3-4-16-5-6-21-13(16)20/h1-2,7H,3-6H2,(H,15,17)(H,18,19). The van der Waals surface area contributed by atoms with Crippen molar-refractivity contribution in [2.75, 3.05) is 24.2 Å². The molecule has 0 radical (unpaired) electrons. The van der Waals surface area contributed by atoms with Gasteiger partial charge in [-0.2, -0.15) is 0 Å². The molecule has 0 aromatic heterocycles. The molecule has 1 aliphatic rings. The highest BCUT2D eigenvalue weighted by Gasteiger charge is 2.21. The van der Waals surface area contributed by atoms with Crippen molar-refractivity contribution in [1.82, 2.24) is 4.90 Å². The number of nitrogens with zero attached hydrogens (tertiary/aromatic N) is 1. The Morgan fingerprint density at radius 3 is 2.81 bits per heavy atom. The quantitative estimate of drug-likeness (QED) is 0.715. The molecule has 112 valence electrons. The Balaban J connectivity index is 1.96. The molecule has 1 aromatic rings. The van der Waals surface area contributed by atoms with Crippen LogP contribution in [-0.4, -0.2) is 46.0 Å². The summed E-state index contributed by atoms with van der Waals surface area (Å²) in [5.41, 5.74) is 0.332. The molecule has 1 saturated heterocycles. The molecule has 0 bridgehead atoms. The van der Waals surface area contributed by atoms with Crippen LogP contribution in [0.25, 0.3) is 0 Å². The number of amides is 2. The highest BCUT2D eigenvalue weighted by atomic mass is 127. The number of thioether (sulfide) groups is 1. The number of carbonyl (C=O) groups excluding carboxylic acids is 2. The Hall–Kier alpha value is -1.29. The zero-order valence-corrected chi connectivity index (χ0v) is 13.9. The van der Waals surface area contributed by atoms with Crippen LogP contribution in [0.3, 0.4) is 0 Å². The maximum atomic E-state index is 11.9. The molecule has 2 amide bonds. The number of nitrogens with one attached hydrogen (secondary N) is 1. The number of hydrogen-bond acceptors (Lipinski definition) is 4. The van der Waals surface area contributed by atoms with Gasteiger partial charge in [0.25, 0.3) is 5.24 Å². The van der Waals surface area contributed by atoms with Crippen molar-refractivity contribution >= 4 is 57.2 Å². The fraction of sp³-hybridized carbons (Fsp3) is 0.308. The van der Waals surface area contributed by atoms with Gasteiger partial charge < -0.3 is 15.3 Å². The third-order valence-electron chi connectivity index (χ3n) is 2.94. The molecule has 21 heavy (non-hydrogen) atoms. The van der Waals surface area contributed by atoms with E-state index >= 15 is 0 Å². The average molecular weight is 420 g/mol. The van der Waals surface area contributed by atoms with Crippen molar-refractivity contribution in [2.45, 2.75) is 6.42 Å². The van der Waals surface area contributed by atoms with E-state index in [-0.39, 0.29) is 28.8 Å². The summed E-state index contributed by atoms with van der Waals surface area (Å²) in [4.78, 5) is 36.1. The molecule has 1 fully saturated rings. The highest BCUT2D eigenvalue weighted by Crippen LogP contribution is 2.20. The van der Waals surface area contributed by atoms with Crippen molar-refractivity contribution in [3.05, 3.63) is 27.3 Å². The summed E-state index contributed by atoms with van der Waals surface area (Å²) in [6.07, 6.45) is 0.150. The van der Waals surface area contributed by atoms with Crippen molar-refractivity contribution in [2.24, 2.45) is 0 Å². The molecule has 2 N–H and O–H groups in total. The van der Waals surface area contributed by atoms with E-state index in [4.69, 9.17) is 5.11 Å². The third-order valence-corrected chi connectivity index (χ3v) is 4.50. The molecular formula is C13H13IN2O4S. The molecule has 0 aliphatic carbocycles. The molecule has 2 rings (SSSR count). The number of aromatic carboxylic acids is 1. The Kier molecular flexibility index (Phi) is 5.45. The van der Waals surface area contributed by atoms with Gasteiger partial charge in [0.15, 0.2) is 0 Å². The zero-order valence-electron chi connectivity index (χ0n) is 11.0. The zero-order chi connectivity index (χ0) is 15.4. The summed E-state index contributed by atoms with van der Waals surface area (Å²) < 4.78 is 0.780. The van der Waals surface area contributed by atoms with E-state index in [2.05, 4.69) is 5.32 Å². The Labute approximate surface area is 139 Å². The van der Waals surface area contributed by atoms with Crippen molar-refractivity contribution in [3.63, 3.8) is 0 Å². The van der Waals surface area contributed by atoms with E-state index in [1.807, 2.05) is 22.6 Å². The smallest absolute Gasteiger partial charge is 0.337 e. The second kappa shape index (κ2) is 7.12. The van der Waals surface area contributed by atoms with Crippen LogP contribution in [0.5, 0.6) is 0 Å².